The van der Waals surface area contributed by atoms with Gasteiger partial charge in [-0.2, -0.15) is 0 Å². The predicted octanol–water partition coefficient (Wildman–Crippen LogP) is 6.36. The van der Waals surface area contributed by atoms with Gasteiger partial charge in [0.1, 0.15) is 17.6 Å². The molecule has 0 spiro atoms. The van der Waals surface area contributed by atoms with E-state index in [-0.39, 0.29) is 16.5 Å². The third-order valence-corrected chi connectivity index (χ3v) is 7.88. The van der Waals surface area contributed by atoms with E-state index in [2.05, 4.69) is 10.2 Å². The number of aliphatic hydroxyl groups is 1. The van der Waals surface area contributed by atoms with Crippen molar-refractivity contribution >= 4 is 68.9 Å². The SMILES string of the molecule is O=C1C(=O)N(c2nnc(SCc3ccc(Cl)cc3)s2)C(c2ccco2)/C1=C(/O)c1ccc(Cl)cc1. The van der Waals surface area contributed by atoms with E-state index in [9.17, 15) is 14.7 Å². The number of amides is 1. The molecule has 1 fully saturated rings. The number of Topliss-reactive ketones (excluding diaryl/α,β-unsaturated/α-hetero) is 1. The normalized spacial score (nSPS) is 17.3. The lowest BCUT2D eigenvalue weighted by atomic mass is 9.99. The van der Waals surface area contributed by atoms with E-state index in [4.69, 9.17) is 27.6 Å². The zero-order valence-electron chi connectivity index (χ0n) is 17.7. The molecular weight excluding hydrogens is 529 g/mol. The molecule has 7 nitrogen and oxygen atoms in total. The first kappa shape index (κ1) is 23.6. The highest BCUT2D eigenvalue weighted by Gasteiger charge is 2.49. The monoisotopic (exact) mass is 543 g/mol. The molecule has 4 aromatic rings. The van der Waals surface area contributed by atoms with Gasteiger partial charge in [0, 0.05) is 21.4 Å². The van der Waals surface area contributed by atoms with Crippen LogP contribution in [0.2, 0.25) is 10.0 Å². The van der Waals surface area contributed by atoms with Crippen LogP contribution >= 0.6 is 46.3 Å². The van der Waals surface area contributed by atoms with Gasteiger partial charge < -0.3 is 9.52 Å². The van der Waals surface area contributed by atoms with Gasteiger partial charge in [0.15, 0.2) is 4.34 Å². The molecule has 1 unspecified atom stereocenters. The summed E-state index contributed by atoms with van der Waals surface area (Å²) in [6.07, 6.45) is 1.44. The number of carbonyl (C=O) groups excluding carboxylic acids is 2. The average molecular weight is 544 g/mol. The first-order chi connectivity index (χ1) is 16.9. The summed E-state index contributed by atoms with van der Waals surface area (Å²) in [7, 11) is 0. The number of aliphatic hydroxyl groups excluding tert-OH is 1. The Morgan fingerprint density at radius 1 is 1.03 bits per heavy atom. The predicted molar refractivity (Wildman–Crippen MR) is 136 cm³/mol. The first-order valence-corrected chi connectivity index (χ1v) is 12.8. The summed E-state index contributed by atoms with van der Waals surface area (Å²) in [4.78, 5) is 27.4. The van der Waals surface area contributed by atoms with Crippen molar-refractivity contribution in [1.29, 1.82) is 0 Å². The summed E-state index contributed by atoms with van der Waals surface area (Å²) >= 11 is 14.5. The smallest absolute Gasteiger partial charge is 0.302 e. The van der Waals surface area contributed by atoms with Crippen LogP contribution in [-0.2, 0) is 15.3 Å². The Morgan fingerprint density at radius 3 is 2.37 bits per heavy atom. The van der Waals surface area contributed by atoms with Gasteiger partial charge in [0.25, 0.3) is 5.78 Å². The van der Waals surface area contributed by atoms with E-state index < -0.39 is 17.7 Å². The lowest BCUT2D eigenvalue weighted by Gasteiger charge is -2.20. The molecule has 3 heterocycles. The van der Waals surface area contributed by atoms with E-state index >= 15 is 0 Å². The minimum atomic E-state index is -0.997. The van der Waals surface area contributed by atoms with Crippen molar-refractivity contribution in [2.24, 2.45) is 0 Å². The van der Waals surface area contributed by atoms with Crippen molar-refractivity contribution in [3.05, 3.63) is 99.4 Å². The Kier molecular flexibility index (Phi) is 6.66. The van der Waals surface area contributed by atoms with Crippen LogP contribution in [0.15, 0.2) is 81.3 Å². The van der Waals surface area contributed by atoms with Crippen molar-refractivity contribution in [3.8, 4) is 0 Å². The van der Waals surface area contributed by atoms with Gasteiger partial charge in [-0.15, -0.1) is 10.2 Å². The number of halogens is 2. The number of nitrogens with zero attached hydrogens (tertiary/aromatic N) is 3. The van der Waals surface area contributed by atoms with E-state index in [1.165, 1.54) is 34.3 Å². The average Bonchev–Trinajstić information content (AvgIpc) is 3.60. The highest BCUT2D eigenvalue weighted by molar-refractivity contribution is 8.00. The van der Waals surface area contributed by atoms with Gasteiger partial charge in [0.2, 0.25) is 5.13 Å². The zero-order chi connectivity index (χ0) is 24.5. The molecule has 5 rings (SSSR count). The molecule has 0 radical (unpaired) electrons. The van der Waals surface area contributed by atoms with Crippen LogP contribution in [0, 0.1) is 0 Å². The summed E-state index contributed by atoms with van der Waals surface area (Å²) < 4.78 is 6.17. The second-order valence-corrected chi connectivity index (χ2v) is 10.5. The molecule has 1 amide bonds. The molecule has 176 valence electrons. The molecule has 0 bridgehead atoms. The van der Waals surface area contributed by atoms with Gasteiger partial charge in [-0.25, -0.2) is 0 Å². The fraction of sp³-hybridized carbons (Fsp3) is 0.0833. The molecule has 35 heavy (non-hydrogen) atoms. The fourth-order valence-corrected chi connectivity index (χ4v) is 5.67. The number of furan rings is 1. The van der Waals surface area contributed by atoms with Gasteiger partial charge in [-0.1, -0.05) is 58.4 Å². The van der Waals surface area contributed by atoms with Crippen LogP contribution in [0.5, 0.6) is 0 Å². The van der Waals surface area contributed by atoms with Gasteiger partial charge in [-0.05, 0) is 54.1 Å². The molecule has 1 atom stereocenters. The first-order valence-electron chi connectivity index (χ1n) is 10.2. The largest absolute Gasteiger partial charge is 0.507 e. The number of aromatic nitrogens is 2. The van der Waals surface area contributed by atoms with E-state index in [1.54, 1.807) is 36.4 Å². The standard InChI is InChI=1S/C24H15Cl2N3O4S2/c25-15-7-3-13(4-8-15)12-34-24-28-27-23(35-24)29-19(17-2-1-11-33-17)18(21(31)22(29)32)20(30)14-5-9-16(26)10-6-14/h1-11,19,30H,12H2/b20-18-. The van der Waals surface area contributed by atoms with E-state index in [1.807, 2.05) is 24.3 Å². The maximum Gasteiger partial charge on any atom is 0.302 e. The molecule has 1 N–H and O–H groups in total. The van der Waals surface area contributed by atoms with Gasteiger partial charge >= 0.3 is 5.91 Å². The van der Waals surface area contributed by atoms with E-state index in [0.717, 1.165) is 5.56 Å². The number of hydrogen-bond donors (Lipinski definition) is 1. The van der Waals surface area contributed by atoms with Crippen LogP contribution in [0.3, 0.4) is 0 Å². The summed E-state index contributed by atoms with van der Waals surface area (Å²) in [6, 6.07) is 16.1. The van der Waals surface area contributed by atoms with Crippen LogP contribution in [0.1, 0.15) is 22.9 Å². The van der Waals surface area contributed by atoms with Crippen LogP contribution in [0.4, 0.5) is 5.13 Å². The third-order valence-electron chi connectivity index (χ3n) is 5.25. The number of ketones is 1. The molecule has 11 heteroatoms. The number of anilines is 1. The van der Waals surface area contributed by atoms with Crippen LogP contribution in [-0.4, -0.2) is 27.0 Å². The number of hydrogen-bond acceptors (Lipinski definition) is 8. The second kappa shape index (κ2) is 9.87. The fourth-order valence-electron chi connectivity index (χ4n) is 3.59. The zero-order valence-corrected chi connectivity index (χ0v) is 20.9. The molecule has 0 saturated carbocycles. The number of carbonyl (C=O) groups is 2. The lowest BCUT2D eigenvalue weighted by molar-refractivity contribution is -0.132. The Morgan fingerprint density at radius 2 is 1.71 bits per heavy atom. The topological polar surface area (TPSA) is 96.5 Å². The quantitative estimate of drug-likeness (QED) is 0.0993. The van der Waals surface area contributed by atoms with Gasteiger partial charge in [0.05, 0.1) is 11.8 Å². The van der Waals surface area contributed by atoms with Crippen molar-refractivity contribution in [3.63, 3.8) is 0 Å². The maximum atomic E-state index is 13.1. The second-order valence-electron chi connectivity index (χ2n) is 7.46. The highest BCUT2D eigenvalue weighted by Crippen LogP contribution is 2.44. The molecule has 1 saturated heterocycles. The van der Waals surface area contributed by atoms with Crippen molar-refractivity contribution in [1.82, 2.24) is 10.2 Å². The summed E-state index contributed by atoms with van der Waals surface area (Å²) in [6.45, 7) is 0. The third kappa shape index (κ3) is 4.72. The number of rotatable bonds is 6. The van der Waals surface area contributed by atoms with Crippen molar-refractivity contribution < 1.29 is 19.1 Å². The molecule has 2 aromatic heterocycles. The molecule has 2 aromatic carbocycles. The highest BCUT2D eigenvalue weighted by atomic mass is 35.5. The summed E-state index contributed by atoms with van der Waals surface area (Å²) in [5.74, 6) is -1.06. The summed E-state index contributed by atoms with van der Waals surface area (Å²) in [5.41, 5.74) is 1.30. The Labute approximate surface area is 218 Å². The molecule has 1 aliphatic heterocycles. The summed E-state index contributed by atoms with van der Waals surface area (Å²) in [5, 5.41) is 20.7. The minimum absolute atomic E-state index is 0.0992. The van der Waals surface area contributed by atoms with Crippen molar-refractivity contribution in [2.75, 3.05) is 4.90 Å². The Balaban J connectivity index is 1.49. The Hall–Kier alpha value is -3.11. The Bertz CT molecular complexity index is 1420. The minimum Gasteiger partial charge on any atom is -0.507 e. The van der Waals surface area contributed by atoms with E-state index in [0.29, 0.717) is 31.5 Å². The van der Waals surface area contributed by atoms with Crippen LogP contribution < -0.4 is 4.90 Å². The molecular formula is C24H15Cl2N3O4S2. The maximum absolute atomic E-state index is 13.1. The molecule has 0 aliphatic carbocycles. The van der Waals surface area contributed by atoms with Crippen LogP contribution in [0.25, 0.3) is 5.76 Å². The lowest BCUT2D eigenvalue weighted by Crippen LogP contribution is -2.29. The number of thioether (sulfide) groups is 1. The van der Waals surface area contributed by atoms with Crippen molar-refractivity contribution in [2.45, 2.75) is 16.1 Å². The van der Waals surface area contributed by atoms with Gasteiger partial charge in [-0.3, -0.25) is 14.5 Å². The number of benzene rings is 2. The molecule has 1 aliphatic rings.